The van der Waals surface area contributed by atoms with Crippen LogP contribution in [0.1, 0.15) is 0 Å². The highest BCUT2D eigenvalue weighted by Gasteiger charge is 2.14. The van der Waals surface area contributed by atoms with E-state index in [0.717, 1.165) is 44.5 Å². The van der Waals surface area contributed by atoms with Gasteiger partial charge < -0.3 is 0 Å². The molecule has 0 radical (unpaired) electrons. The largest absolute Gasteiger partial charge is 0.253 e. The molecule has 7 aromatic rings. The Kier molecular flexibility index (Phi) is 7.68. The zero-order valence-corrected chi connectivity index (χ0v) is 24.9. The van der Waals surface area contributed by atoms with Gasteiger partial charge in [0.1, 0.15) is 0 Å². The highest BCUT2D eigenvalue weighted by atomic mass is 35.5. The highest BCUT2D eigenvalue weighted by Crippen LogP contribution is 2.31. The van der Waals surface area contributed by atoms with Gasteiger partial charge in [0, 0.05) is 28.5 Å². The number of aromatic nitrogens is 4. The number of halogens is 2. The van der Waals surface area contributed by atoms with E-state index in [-0.39, 0.29) is 0 Å². The van der Waals surface area contributed by atoms with Gasteiger partial charge in [-0.25, -0.2) is 15.0 Å². The molecule has 0 atom stereocenters. The summed E-state index contributed by atoms with van der Waals surface area (Å²) in [6.45, 7) is 0. The molecule has 5 aromatic carbocycles. The maximum Gasteiger partial charge on any atom is 0.164 e. The van der Waals surface area contributed by atoms with Crippen LogP contribution in [0, 0.1) is 0 Å². The van der Waals surface area contributed by atoms with Crippen molar-refractivity contribution in [1.29, 1.82) is 0 Å². The molecule has 0 aliphatic heterocycles. The smallest absolute Gasteiger partial charge is 0.164 e. The van der Waals surface area contributed by atoms with Gasteiger partial charge in [0.25, 0.3) is 0 Å². The van der Waals surface area contributed by atoms with E-state index >= 15 is 0 Å². The van der Waals surface area contributed by atoms with Gasteiger partial charge in [0.15, 0.2) is 17.5 Å². The molecule has 0 saturated heterocycles. The van der Waals surface area contributed by atoms with E-state index in [9.17, 15) is 0 Å². The third-order valence-corrected chi connectivity index (χ3v) is 7.86. The van der Waals surface area contributed by atoms with Crippen LogP contribution < -0.4 is 0 Å². The van der Waals surface area contributed by atoms with Crippen molar-refractivity contribution in [3.05, 3.63) is 156 Å². The van der Waals surface area contributed by atoms with Crippen LogP contribution in [0.4, 0.5) is 0 Å². The first-order valence-corrected chi connectivity index (χ1v) is 14.9. The minimum Gasteiger partial charge on any atom is -0.253 e. The average molecular weight is 608 g/mol. The highest BCUT2D eigenvalue weighted by molar-refractivity contribution is 6.36. The summed E-state index contributed by atoms with van der Waals surface area (Å²) in [7, 11) is 0. The molecule has 0 spiro atoms. The number of hydrogen-bond donors (Lipinski definition) is 0. The van der Waals surface area contributed by atoms with Crippen molar-refractivity contribution in [2.75, 3.05) is 0 Å². The molecule has 210 valence electrons. The number of benzene rings is 5. The molecule has 6 heteroatoms. The molecular formula is C38H24Cl2N4. The molecule has 4 nitrogen and oxygen atoms in total. The van der Waals surface area contributed by atoms with E-state index in [0.29, 0.717) is 33.2 Å². The van der Waals surface area contributed by atoms with E-state index in [1.165, 1.54) is 0 Å². The fourth-order valence-electron chi connectivity index (χ4n) is 5.05. The summed E-state index contributed by atoms with van der Waals surface area (Å²) < 4.78 is 0. The minimum absolute atomic E-state index is 0.493. The van der Waals surface area contributed by atoms with Gasteiger partial charge in [-0.1, -0.05) is 157 Å². The average Bonchev–Trinajstić information content (AvgIpc) is 3.09. The van der Waals surface area contributed by atoms with Crippen molar-refractivity contribution in [1.82, 2.24) is 19.9 Å². The molecule has 0 unspecified atom stereocenters. The lowest BCUT2D eigenvalue weighted by molar-refractivity contribution is 1.07. The van der Waals surface area contributed by atoms with Gasteiger partial charge in [-0.15, -0.1) is 0 Å². The first-order chi connectivity index (χ1) is 21.6. The fraction of sp³-hybridized carbons (Fsp3) is 0. The Hall–Kier alpha value is -5.16. The Labute approximate surface area is 265 Å². The number of rotatable bonds is 6. The van der Waals surface area contributed by atoms with Gasteiger partial charge in [0.05, 0.1) is 15.7 Å². The van der Waals surface area contributed by atoms with Gasteiger partial charge in [-0.05, 0) is 28.3 Å². The normalized spacial score (nSPS) is 11.0. The summed E-state index contributed by atoms with van der Waals surface area (Å²) in [5.74, 6) is 1.78. The second kappa shape index (κ2) is 12.2. The summed E-state index contributed by atoms with van der Waals surface area (Å²) in [6.07, 6.45) is 1.59. The van der Waals surface area contributed by atoms with Crippen LogP contribution in [0.5, 0.6) is 0 Å². The van der Waals surface area contributed by atoms with Gasteiger partial charge in [-0.2, -0.15) is 0 Å². The van der Waals surface area contributed by atoms with Crippen molar-refractivity contribution in [2.24, 2.45) is 0 Å². The second-order valence-electron chi connectivity index (χ2n) is 10.3. The third-order valence-electron chi connectivity index (χ3n) is 7.36. The van der Waals surface area contributed by atoms with Crippen molar-refractivity contribution in [3.8, 4) is 67.7 Å². The predicted molar refractivity (Wildman–Crippen MR) is 180 cm³/mol. The Morgan fingerprint density at radius 1 is 0.364 bits per heavy atom. The van der Waals surface area contributed by atoms with Crippen LogP contribution >= 0.6 is 23.2 Å². The monoisotopic (exact) mass is 606 g/mol. The maximum atomic E-state index is 6.42. The Bertz CT molecular complexity index is 1940. The molecular weight excluding hydrogens is 583 g/mol. The van der Waals surface area contributed by atoms with E-state index in [1.54, 1.807) is 12.3 Å². The van der Waals surface area contributed by atoms with E-state index < -0.39 is 0 Å². The molecule has 0 bridgehead atoms. The molecule has 0 N–H and O–H groups in total. The molecule has 0 aliphatic carbocycles. The molecule has 0 aliphatic rings. The van der Waals surface area contributed by atoms with E-state index in [4.69, 9.17) is 38.2 Å². The molecule has 0 amide bonds. The summed E-state index contributed by atoms with van der Waals surface area (Å²) in [5, 5.41) is 0.988. The second-order valence-corrected chi connectivity index (χ2v) is 11.1. The maximum absolute atomic E-state index is 6.42. The van der Waals surface area contributed by atoms with Crippen LogP contribution in [-0.4, -0.2) is 19.9 Å². The van der Waals surface area contributed by atoms with Gasteiger partial charge >= 0.3 is 0 Å². The Morgan fingerprint density at radius 2 is 0.705 bits per heavy atom. The zero-order valence-electron chi connectivity index (χ0n) is 23.4. The van der Waals surface area contributed by atoms with E-state index in [1.807, 2.05) is 60.7 Å². The lowest BCUT2D eigenvalue weighted by Gasteiger charge is -2.10. The minimum atomic E-state index is 0.493. The standard InChI is InChI=1S/C38H24Cl2N4/c39-33-23-34(40)35(41-24-33)29-15-21-32(22-16-29)38-43-36(30-17-11-27(12-18-30)25-7-3-1-4-8-25)42-37(44-38)31-19-13-28(14-20-31)26-9-5-2-6-10-26/h1-24H. The van der Waals surface area contributed by atoms with Gasteiger partial charge in [0.2, 0.25) is 0 Å². The Morgan fingerprint density at radius 3 is 1.09 bits per heavy atom. The summed E-state index contributed by atoms with van der Waals surface area (Å²) in [4.78, 5) is 19.2. The molecule has 44 heavy (non-hydrogen) atoms. The lowest BCUT2D eigenvalue weighted by atomic mass is 10.0. The summed E-state index contributed by atoms with van der Waals surface area (Å²) in [5.41, 5.74) is 8.78. The third kappa shape index (κ3) is 5.86. The fourth-order valence-corrected chi connectivity index (χ4v) is 5.54. The molecule has 2 heterocycles. The molecule has 2 aromatic heterocycles. The van der Waals surface area contributed by atoms with Crippen LogP contribution in [0.25, 0.3) is 67.7 Å². The van der Waals surface area contributed by atoms with Crippen molar-refractivity contribution >= 4 is 23.2 Å². The number of pyridine rings is 1. The quantitative estimate of drug-likeness (QED) is 0.189. The summed E-state index contributed by atoms with van der Waals surface area (Å²) >= 11 is 12.5. The summed E-state index contributed by atoms with van der Waals surface area (Å²) in [6, 6.07) is 46.8. The van der Waals surface area contributed by atoms with Crippen molar-refractivity contribution < 1.29 is 0 Å². The molecule has 0 fully saturated rings. The van der Waals surface area contributed by atoms with Crippen LogP contribution in [0.2, 0.25) is 10.0 Å². The topological polar surface area (TPSA) is 51.6 Å². The van der Waals surface area contributed by atoms with Crippen LogP contribution in [0.3, 0.4) is 0 Å². The number of hydrogen-bond acceptors (Lipinski definition) is 4. The van der Waals surface area contributed by atoms with Crippen molar-refractivity contribution in [3.63, 3.8) is 0 Å². The predicted octanol–water partition coefficient (Wildman–Crippen LogP) is 10.6. The van der Waals surface area contributed by atoms with Crippen LogP contribution in [0.15, 0.2) is 146 Å². The van der Waals surface area contributed by atoms with Gasteiger partial charge in [-0.3, -0.25) is 4.98 Å². The lowest BCUT2D eigenvalue weighted by Crippen LogP contribution is -2.00. The number of nitrogens with zero attached hydrogens (tertiary/aromatic N) is 4. The SMILES string of the molecule is Clc1cnc(-c2ccc(-c3nc(-c4ccc(-c5ccccc5)cc4)nc(-c4ccc(-c5ccccc5)cc4)n3)cc2)c(Cl)c1. The van der Waals surface area contributed by atoms with Crippen LogP contribution in [-0.2, 0) is 0 Å². The molecule has 0 saturated carbocycles. The molecule has 7 rings (SSSR count). The first-order valence-electron chi connectivity index (χ1n) is 14.1. The zero-order chi connectivity index (χ0) is 29.9. The Balaban J connectivity index is 1.28. The first kappa shape index (κ1) is 27.7. The van der Waals surface area contributed by atoms with E-state index in [2.05, 4.69) is 77.8 Å². The van der Waals surface area contributed by atoms with Crippen molar-refractivity contribution in [2.45, 2.75) is 0 Å².